The fraction of sp³-hybridized carbons (Fsp3) is 0.211. The number of hydrogen-bond donors (Lipinski definition) is 2. The van der Waals surface area contributed by atoms with Crippen LogP contribution < -0.4 is 10.1 Å². The Morgan fingerprint density at radius 2 is 1.83 bits per heavy atom. The first-order chi connectivity index (χ1) is 11.5. The summed E-state index contributed by atoms with van der Waals surface area (Å²) in [5.74, 6) is -0.172. The van der Waals surface area contributed by atoms with Gasteiger partial charge in [0.1, 0.15) is 5.75 Å². The number of nitrogens with one attached hydrogen (secondary N) is 1. The SMILES string of the molecule is CC(=CC(=O)O)c1ccc(OCCCNc2ccc(Cl)cc2)cc1. The summed E-state index contributed by atoms with van der Waals surface area (Å²) in [6.45, 7) is 3.18. The largest absolute Gasteiger partial charge is 0.494 e. The Bertz CT molecular complexity index is 694. The van der Waals surface area contributed by atoms with E-state index in [4.69, 9.17) is 21.4 Å². The lowest BCUT2D eigenvalue weighted by Crippen LogP contribution is -2.07. The highest BCUT2D eigenvalue weighted by Gasteiger charge is 2.00. The van der Waals surface area contributed by atoms with Crippen molar-refractivity contribution in [3.05, 3.63) is 65.2 Å². The van der Waals surface area contributed by atoms with Crippen LogP contribution in [0.1, 0.15) is 18.9 Å². The van der Waals surface area contributed by atoms with Crippen molar-refractivity contribution in [3.63, 3.8) is 0 Å². The molecule has 2 aromatic rings. The third-order valence-electron chi connectivity index (χ3n) is 3.41. The Morgan fingerprint density at radius 1 is 1.17 bits per heavy atom. The zero-order valence-corrected chi connectivity index (χ0v) is 14.2. The highest BCUT2D eigenvalue weighted by atomic mass is 35.5. The second-order valence-electron chi connectivity index (χ2n) is 5.33. The molecule has 5 heteroatoms. The van der Waals surface area contributed by atoms with E-state index in [0.29, 0.717) is 12.2 Å². The minimum Gasteiger partial charge on any atom is -0.494 e. The van der Waals surface area contributed by atoms with Crippen LogP contribution in [0.2, 0.25) is 5.02 Å². The van der Waals surface area contributed by atoms with Crippen LogP contribution in [-0.2, 0) is 4.79 Å². The van der Waals surface area contributed by atoms with Crippen LogP contribution in [0.3, 0.4) is 0 Å². The molecule has 0 unspecified atom stereocenters. The van der Waals surface area contributed by atoms with Gasteiger partial charge in [0.2, 0.25) is 0 Å². The van der Waals surface area contributed by atoms with Gasteiger partial charge >= 0.3 is 5.97 Å². The maximum atomic E-state index is 10.7. The Kier molecular flexibility index (Phi) is 6.70. The van der Waals surface area contributed by atoms with Crippen LogP contribution in [0.4, 0.5) is 5.69 Å². The molecule has 2 rings (SSSR count). The third kappa shape index (κ3) is 5.97. The summed E-state index contributed by atoms with van der Waals surface area (Å²) in [6.07, 6.45) is 2.06. The molecule has 0 aliphatic carbocycles. The molecule has 0 saturated heterocycles. The Balaban J connectivity index is 1.72. The fourth-order valence-corrected chi connectivity index (χ4v) is 2.27. The second kappa shape index (κ2) is 8.99. The highest BCUT2D eigenvalue weighted by Crippen LogP contribution is 2.18. The van der Waals surface area contributed by atoms with Crippen LogP contribution in [-0.4, -0.2) is 24.2 Å². The van der Waals surface area contributed by atoms with E-state index in [9.17, 15) is 4.79 Å². The summed E-state index contributed by atoms with van der Waals surface area (Å²) >= 11 is 5.84. The molecule has 0 amide bonds. The molecule has 0 heterocycles. The van der Waals surface area contributed by atoms with E-state index in [1.54, 1.807) is 6.92 Å². The van der Waals surface area contributed by atoms with Gasteiger partial charge in [-0.1, -0.05) is 23.7 Å². The minimum atomic E-state index is -0.944. The lowest BCUT2D eigenvalue weighted by atomic mass is 10.1. The van der Waals surface area contributed by atoms with Gasteiger partial charge in [-0.2, -0.15) is 0 Å². The first-order valence-corrected chi connectivity index (χ1v) is 8.06. The smallest absolute Gasteiger partial charge is 0.328 e. The summed E-state index contributed by atoms with van der Waals surface area (Å²) in [5, 5.41) is 12.8. The average molecular weight is 346 g/mol. The van der Waals surface area contributed by atoms with Gasteiger partial charge in [-0.3, -0.25) is 0 Å². The Morgan fingerprint density at radius 3 is 2.46 bits per heavy atom. The van der Waals surface area contributed by atoms with Gasteiger partial charge in [-0.15, -0.1) is 0 Å². The maximum absolute atomic E-state index is 10.7. The summed E-state index contributed by atoms with van der Waals surface area (Å²) in [6, 6.07) is 15.0. The predicted octanol–water partition coefficient (Wildman–Crippen LogP) is 4.71. The van der Waals surface area contributed by atoms with E-state index in [1.165, 1.54) is 6.08 Å². The summed E-state index contributed by atoms with van der Waals surface area (Å²) in [5.41, 5.74) is 2.61. The lowest BCUT2D eigenvalue weighted by molar-refractivity contribution is -0.131. The van der Waals surface area contributed by atoms with E-state index in [0.717, 1.165) is 35.0 Å². The van der Waals surface area contributed by atoms with Crippen LogP contribution in [0.15, 0.2) is 54.6 Å². The first kappa shape index (κ1) is 17.9. The molecule has 0 aliphatic heterocycles. The van der Waals surface area contributed by atoms with E-state index in [2.05, 4.69) is 5.32 Å². The number of carboxylic acids is 1. The van der Waals surface area contributed by atoms with Crippen LogP contribution in [0, 0.1) is 0 Å². The number of carboxylic acid groups (broad SMARTS) is 1. The molecule has 2 aromatic carbocycles. The average Bonchev–Trinajstić information content (AvgIpc) is 2.56. The molecule has 0 spiro atoms. The van der Waals surface area contributed by atoms with Gasteiger partial charge < -0.3 is 15.2 Å². The molecule has 0 aliphatic rings. The van der Waals surface area contributed by atoms with Crippen molar-refractivity contribution in [2.45, 2.75) is 13.3 Å². The molecule has 0 fully saturated rings. The molecule has 4 nitrogen and oxygen atoms in total. The van der Waals surface area contributed by atoms with Crippen molar-refractivity contribution >= 4 is 28.8 Å². The molecule has 0 saturated carbocycles. The molecule has 2 N–H and O–H groups in total. The first-order valence-electron chi connectivity index (χ1n) is 7.68. The van der Waals surface area contributed by atoms with Crippen molar-refractivity contribution in [2.24, 2.45) is 0 Å². The van der Waals surface area contributed by atoms with Crippen LogP contribution in [0.5, 0.6) is 5.75 Å². The van der Waals surface area contributed by atoms with Gasteiger partial charge in [-0.25, -0.2) is 4.79 Å². The fourth-order valence-electron chi connectivity index (χ4n) is 2.15. The van der Waals surface area contributed by atoms with Crippen molar-refractivity contribution in [1.82, 2.24) is 0 Å². The van der Waals surface area contributed by atoms with Gasteiger partial charge in [0.25, 0.3) is 0 Å². The van der Waals surface area contributed by atoms with Gasteiger partial charge in [0, 0.05) is 23.3 Å². The van der Waals surface area contributed by atoms with Gasteiger partial charge in [-0.05, 0) is 60.9 Å². The molecule has 0 bridgehead atoms. The van der Waals surface area contributed by atoms with Crippen molar-refractivity contribution < 1.29 is 14.6 Å². The molecular weight excluding hydrogens is 326 g/mol. The lowest BCUT2D eigenvalue weighted by Gasteiger charge is -2.09. The number of hydrogen-bond acceptors (Lipinski definition) is 3. The van der Waals surface area contributed by atoms with Gasteiger partial charge in [0.05, 0.1) is 6.61 Å². The molecule has 0 radical (unpaired) electrons. The molecule has 24 heavy (non-hydrogen) atoms. The van der Waals surface area contributed by atoms with Crippen LogP contribution >= 0.6 is 11.6 Å². The number of benzene rings is 2. The molecule has 0 aromatic heterocycles. The Labute approximate surface area is 146 Å². The normalized spacial score (nSPS) is 11.2. The number of anilines is 1. The maximum Gasteiger partial charge on any atom is 0.328 e. The van der Waals surface area contributed by atoms with E-state index < -0.39 is 5.97 Å². The van der Waals surface area contributed by atoms with E-state index in [1.807, 2.05) is 48.5 Å². The number of rotatable bonds is 8. The zero-order chi connectivity index (χ0) is 17.4. The zero-order valence-electron chi connectivity index (χ0n) is 13.5. The molecular formula is C19H20ClNO3. The summed E-state index contributed by atoms with van der Waals surface area (Å²) < 4.78 is 5.68. The number of allylic oxidation sites excluding steroid dienone is 1. The summed E-state index contributed by atoms with van der Waals surface area (Å²) in [7, 11) is 0. The number of aliphatic carboxylic acids is 1. The van der Waals surface area contributed by atoms with Crippen molar-refractivity contribution in [2.75, 3.05) is 18.5 Å². The van der Waals surface area contributed by atoms with Crippen molar-refractivity contribution in [3.8, 4) is 5.75 Å². The minimum absolute atomic E-state index is 0.601. The third-order valence-corrected chi connectivity index (χ3v) is 3.66. The quantitative estimate of drug-likeness (QED) is 0.537. The van der Waals surface area contributed by atoms with Crippen LogP contribution in [0.25, 0.3) is 5.57 Å². The predicted molar refractivity (Wildman–Crippen MR) is 97.8 cm³/mol. The number of halogens is 1. The van der Waals surface area contributed by atoms with Crippen molar-refractivity contribution in [1.29, 1.82) is 0 Å². The van der Waals surface area contributed by atoms with E-state index >= 15 is 0 Å². The molecule has 126 valence electrons. The molecule has 0 atom stereocenters. The Hall–Kier alpha value is -2.46. The summed E-state index contributed by atoms with van der Waals surface area (Å²) in [4.78, 5) is 10.7. The second-order valence-corrected chi connectivity index (χ2v) is 5.76. The monoisotopic (exact) mass is 345 g/mol. The standard InChI is InChI=1S/C19H20ClNO3/c1-14(13-19(22)23)15-3-9-18(10-4-15)24-12-2-11-21-17-7-5-16(20)6-8-17/h3-10,13,21H,2,11-12H2,1H3,(H,22,23). The number of carbonyl (C=O) groups is 1. The highest BCUT2D eigenvalue weighted by molar-refractivity contribution is 6.30. The van der Waals surface area contributed by atoms with Gasteiger partial charge in [0.15, 0.2) is 0 Å². The topological polar surface area (TPSA) is 58.6 Å². The number of ether oxygens (including phenoxy) is 1. The van der Waals surface area contributed by atoms with E-state index in [-0.39, 0.29) is 0 Å².